The molecule has 0 aliphatic carbocycles. The Labute approximate surface area is 160 Å². The van der Waals surface area contributed by atoms with Crippen molar-refractivity contribution in [1.82, 2.24) is 10.2 Å². The molecular formula is C21H27FN2O3. The van der Waals surface area contributed by atoms with Crippen molar-refractivity contribution in [3.63, 3.8) is 0 Å². The maximum atomic E-state index is 13.0. The molecule has 146 valence electrons. The fourth-order valence-corrected chi connectivity index (χ4v) is 2.52. The molecule has 5 nitrogen and oxygen atoms in total. The Balaban J connectivity index is 2.01. The van der Waals surface area contributed by atoms with Gasteiger partial charge in [-0.15, -0.1) is 0 Å². The first kappa shape index (κ1) is 20.7. The van der Waals surface area contributed by atoms with Gasteiger partial charge in [0.1, 0.15) is 17.3 Å². The average molecular weight is 374 g/mol. The van der Waals surface area contributed by atoms with Crippen molar-refractivity contribution < 1.29 is 18.7 Å². The minimum absolute atomic E-state index is 0.0587. The third-order valence-electron chi connectivity index (χ3n) is 3.96. The Kier molecular flexibility index (Phi) is 8.07. The van der Waals surface area contributed by atoms with E-state index in [1.165, 1.54) is 17.0 Å². The lowest BCUT2D eigenvalue weighted by atomic mass is 10.0. The van der Waals surface area contributed by atoms with Crippen molar-refractivity contribution in [2.24, 2.45) is 0 Å². The topological polar surface area (TPSA) is 50.8 Å². The minimum Gasteiger partial charge on any atom is -0.494 e. The van der Waals surface area contributed by atoms with Gasteiger partial charge in [-0.2, -0.15) is 0 Å². The SMILES string of the molecule is CCCNC(CCOc1ccc(F)cc1)c1cccc(OC(=O)N(C)C)c1. The van der Waals surface area contributed by atoms with Gasteiger partial charge >= 0.3 is 6.09 Å². The second-order valence-corrected chi connectivity index (χ2v) is 6.43. The van der Waals surface area contributed by atoms with E-state index in [9.17, 15) is 9.18 Å². The number of rotatable bonds is 9. The molecule has 2 aromatic carbocycles. The Bertz CT molecular complexity index is 720. The number of carbonyl (C=O) groups is 1. The summed E-state index contributed by atoms with van der Waals surface area (Å²) in [5.74, 6) is 0.863. The Morgan fingerprint density at radius 2 is 1.89 bits per heavy atom. The van der Waals surface area contributed by atoms with E-state index in [1.807, 2.05) is 18.2 Å². The van der Waals surface area contributed by atoms with Gasteiger partial charge in [0, 0.05) is 26.6 Å². The van der Waals surface area contributed by atoms with Gasteiger partial charge in [0.2, 0.25) is 0 Å². The van der Waals surface area contributed by atoms with E-state index in [0.717, 1.165) is 24.9 Å². The van der Waals surface area contributed by atoms with Crippen LogP contribution in [0.25, 0.3) is 0 Å². The van der Waals surface area contributed by atoms with Crippen molar-refractivity contribution in [3.8, 4) is 11.5 Å². The van der Waals surface area contributed by atoms with Crippen LogP contribution in [0.3, 0.4) is 0 Å². The van der Waals surface area contributed by atoms with Crippen LogP contribution in [0, 0.1) is 5.82 Å². The van der Waals surface area contributed by atoms with Crippen LogP contribution in [0.2, 0.25) is 0 Å². The van der Waals surface area contributed by atoms with Crippen molar-refractivity contribution >= 4 is 6.09 Å². The largest absolute Gasteiger partial charge is 0.494 e. The summed E-state index contributed by atoms with van der Waals surface area (Å²) in [5.41, 5.74) is 1.02. The quantitative estimate of drug-likeness (QED) is 0.707. The number of ether oxygens (including phenoxy) is 2. The van der Waals surface area contributed by atoms with Crippen LogP contribution < -0.4 is 14.8 Å². The number of benzene rings is 2. The van der Waals surface area contributed by atoms with E-state index in [1.54, 1.807) is 32.3 Å². The molecule has 0 aliphatic heterocycles. The Hall–Kier alpha value is -2.60. The van der Waals surface area contributed by atoms with E-state index in [0.29, 0.717) is 18.1 Å². The molecule has 2 aromatic rings. The molecule has 0 saturated heterocycles. The second kappa shape index (κ2) is 10.5. The Morgan fingerprint density at radius 3 is 2.56 bits per heavy atom. The van der Waals surface area contributed by atoms with E-state index in [2.05, 4.69) is 12.2 Å². The van der Waals surface area contributed by atoms with Gasteiger partial charge in [-0.3, -0.25) is 0 Å². The summed E-state index contributed by atoms with van der Waals surface area (Å²) in [6.07, 6.45) is 1.32. The average Bonchev–Trinajstić information content (AvgIpc) is 2.66. The van der Waals surface area contributed by atoms with Crippen LogP contribution >= 0.6 is 0 Å². The molecule has 1 unspecified atom stereocenters. The molecule has 0 heterocycles. The van der Waals surface area contributed by atoms with E-state index in [-0.39, 0.29) is 11.9 Å². The normalized spacial score (nSPS) is 11.7. The predicted molar refractivity (Wildman–Crippen MR) is 104 cm³/mol. The Morgan fingerprint density at radius 1 is 1.15 bits per heavy atom. The predicted octanol–water partition coefficient (Wildman–Crippen LogP) is 4.40. The summed E-state index contributed by atoms with van der Waals surface area (Å²) in [4.78, 5) is 13.1. The molecule has 0 fully saturated rings. The molecule has 6 heteroatoms. The molecule has 2 rings (SSSR count). The maximum absolute atomic E-state index is 13.0. The summed E-state index contributed by atoms with van der Waals surface area (Å²) in [6, 6.07) is 13.5. The number of nitrogens with zero attached hydrogens (tertiary/aromatic N) is 1. The van der Waals surface area contributed by atoms with Crippen LogP contribution in [-0.4, -0.2) is 38.2 Å². The summed E-state index contributed by atoms with van der Waals surface area (Å²) >= 11 is 0. The summed E-state index contributed by atoms with van der Waals surface area (Å²) in [6.45, 7) is 3.45. The fourth-order valence-electron chi connectivity index (χ4n) is 2.52. The lowest BCUT2D eigenvalue weighted by molar-refractivity contribution is 0.172. The first-order valence-electron chi connectivity index (χ1n) is 9.10. The molecule has 0 saturated carbocycles. The molecule has 0 aliphatic rings. The van der Waals surface area contributed by atoms with Crippen molar-refractivity contribution in [1.29, 1.82) is 0 Å². The van der Waals surface area contributed by atoms with Crippen molar-refractivity contribution in [3.05, 3.63) is 59.9 Å². The van der Waals surface area contributed by atoms with Gasteiger partial charge in [-0.1, -0.05) is 19.1 Å². The van der Waals surface area contributed by atoms with Crippen LogP contribution in [0.5, 0.6) is 11.5 Å². The number of nitrogens with one attached hydrogen (secondary N) is 1. The van der Waals surface area contributed by atoms with Crippen LogP contribution in [0.4, 0.5) is 9.18 Å². The number of halogens is 1. The molecule has 27 heavy (non-hydrogen) atoms. The lowest BCUT2D eigenvalue weighted by Crippen LogP contribution is -2.26. The van der Waals surface area contributed by atoms with Crippen LogP contribution in [-0.2, 0) is 0 Å². The van der Waals surface area contributed by atoms with E-state index < -0.39 is 6.09 Å². The molecule has 1 atom stereocenters. The number of amides is 1. The van der Waals surface area contributed by atoms with Gasteiger partial charge < -0.3 is 19.7 Å². The van der Waals surface area contributed by atoms with E-state index in [4.69, 9.17) is 9.47 Å². The van der Waals surface area contributed by atoms with Crippen molar-refractivity contribution in [2.75, 3.05) is 27.2 Å². The number of carbonyl (C=O) groups excluding carboxylic acids is 1. The lowest BCUT2D eigenvalue weighted by Gasteiger charge is -2.20. The summed E-state index contributed by atoms with van der Waals surface area (Å²) < 4.78 is 24.0. The zero-order chi connectivity index (χ0) is 19.6. The van der Waals surface area contributed by atoms with Gasteiger partial charge in [0.05, 0.1) is 6.61 Å². The summed E-state index contributed by atoms with van der Waals surface area (Å²) in [7, 11) is 3.29. The summed E-state index contributed by atoms with van der Waals surface area (Å²) in [5, 5.41) is 3.49. The number of hydrogen-bond donors (Lipinski definition) is 1. The molecule has 1 N–H and O–H groups in total. The van der Waals surface area contributed by atoms with Gasteiger partial charge in [0.25, 0.3) is 0 Å². The van der Waals surface area contributed by atoms with E-state index >= 15 is 0 Å². The first-order valence-corrected chi connectivity index (χ1v) is 9.10. The van der Waals surface area contributed by atoms with Gasteiger partial charge in [-0.05, 0) is 54.9 Å². The van der Waals surface area contributed by atoms with Crippen LogP contribution in [0.15, 0.2) is 48.5 Å². The third kappa shape index (κ3) is 6.90. The highest BCUT2D eigenvalue weighted by molar-refractivity contribution is 5.70. The first-order chi connectivity index (χ1) is 13.0. The highest BCUT2D eigenvalue weighted by Crippen LogP contribution is 2.23. The van der Waals surface area contributed by atoms with Gasteiger partial charge in [-0.25, -0.2) is 9.18 Å². The third-order valence-corrected chi connectivity index (χ3v) is 3.96. The molecular weight excluding hydrogens is 347 g/mol. The smallest absolute Gasteiger partial charge is 0.414 e. The zero-order valence-corrected chi connectivity index (χ0v) is 16.1. The molecule has 0 radical (unpaired) electrons. The molecule has 1 amide bonds. The number of hydrogen-bond acceptors (Lipinski definition) is 4. The second-order valence-electron chi connectivity index (χ2n) is 6.43. The zero-order valence-electron chi connectivity index (χ0n) is 16.1. The molecule has 0 bridgehead atoms. The highest BCUT2D eigenvalue weighted by Gasteiger charge is 2.14. The molecule has 0 spiro atoms. The van der Waals surface area contributed by atoms with Crippen molar-refractivity contribution in [2.45, 2.75) is 25.8 Å². The van der Waals surface area contributed by atoms with Crippen LogP contribution in [0.1, 0.15) is 31.4 Å². The monoisotopic (exact) mass is 374 g/mol. The van der Waals surface area contributed by atoms with Gasteiger partial charge in [0.15, 0.2) is 0 Å². The standard InChI is InChI=1S/C21H27FN2O3/c1-4-13-23-20(12-14-26-18-10-8-17(22)9-11-18)16-6-5-7-19(15-16)27-21(25)24(2)3/h5-11,15,20,23H,4,12-14H2,1-3H3. The highest BCUT2D eigenvalue weighted by atomic mass is 19.1. The maximum Gasteiger partial charge on any atom is 0.414 e. The fraction of sp³-hybridized carbons (Fsp3) is 0.381. The molecule has 0 aromatic heterocycles. The minimum atomic E-state index is -0.412.